The molecule has 1 unspecified atom stereocenters. The van der Waals surface area contributed by atoms with Gasteiger partial charge in [-0.1, -0.05) is 5.16 Å². The molecule has 25 heavy (non-hydrogen) atoms. The van der Waals surface area contributed by atoms with E-state index in [1.54, 1.807) is 27.7 Å². The standard InChI is InChI=1S/C14H20N4O6S/c1-8(5-15-13(22)23-14(2,3)4)24-18-10(11(20)21)9-6-25-12(17-9)16-7-19/h6-8H,5H2,1-4H3,(H,15,22)(H,20,21)(H,16,17,19)/b18-10+. The van der Waals surface area contributed by atoms with E-state index in [4.69, 9.17) is 9.57 Å². The molecule has 1 rings (SSSR count). The molecule has 2 amide bonds. The summed E-state index contributed by atoms with van der Waals surface area (Å²) in [5.74, 6) is -1.34. The van der Waals surface area contributed by atoms with Crippen LogP contribution in [0.25, 0.3) is 0 Å². The molecule has 1 aromatic rings. The Bertz CT molecular complexity index is 652. The van der Waals surface area contributed by atoms with Crippen LogP contribution in [0.4, 0.5) is 9.93 Å². The first-order valence-corrected chi connectivity index (χ1v) is 8.10. The minimum atomic E-state index is -1.34. The van der Waals surface area contributed by atoms with Crippen molar-refractivity contribution in [3.8, 4) is 0 Å². The maximum absolute atomic E-state index is 11.5. The molecule has 11 heteroatoms. The van der Waals surface area contributed by atoms with E-state index in [1.807, 2.05) is 0 Å². The monoisotopic (exact) mass is 372 g/mol. The maximum atomic E-state index is 11.5. The maximum Gasteiger partial charge on any atom is 0.407 e. The summed E-state index contributed by atoms with van der Waals surface area (Å²) in [6.45, 7) is 6.87. The van der Waals surface area contributed by atoms with Gasteiger partial charge in [-0.3, -0.25) is 4.79 Å². The molecule has 0 spiro atoms. The van der Waals surface area contributed by atoms with Crippen LogP contribution in [0.3, 0.4) is 0 Å². The summed E-state index contributed by atoms with van der Waals surface area (Å²) in [4.78, 5) is 42.2. The van der Waals surface area contributed by atoms with Gasteiger partial charge in [-0.05, 0) is 27.7 Å². The summed E-state index contributed by atoms with van der Waals surface area (Å²) >= 11 is 1.05. The molecule has 3 N–H and O–H groups in total. The van der Waals surface area contributed by atoms with Crippen molar-refractivity contribution in [2.45, 2.75) is 39.4 Å². The third-order valence-electron chi connectivity index (χ3n) is 2.39. The molecule has 1 heterocycles. The first-order chi connectivity index (χ1) is 11.6. The van der Waals surface area contributed by atoms with Crippen molar-refractivity contribution in [3.63, 3.8) is 0 Å². The summed E-state index contributed by atoms with van der Waals surface area (Å²) < 4.78 is 5.07. The van der Waals surface area contributed by atoms with Crippen molar-refractivity contribution in [1.29, 1.82) is 0 Å². The Kier molecular flexibility index (Phi) is 7.30. The molecule has 0 aromatic carbocycles. The summed E-state index contributed by atoms with van der Waals surface area (Å²) in [6, 6.07) is 0. The van der Waals surface area contributed by atoms with Gasteiger partial charge >= 0.3 is 12.1 Å². The van der Waals surface area contributed by atoms with Gasteiger partial charge < -0.3 is 25.3 Å². The van der Waals surface area contributed by atoms with Gasteiger partial charge in [0.15, 0.2) is 5.13 Å². The number of carboxylic acids is 1. The largest absolute Gasteiger partial charge is 0.476 e. The highest BCUT2D eigenvalue weighted by Gasteiger charge is 2.19. The number of carboxylic acid groups (broad SMARTS) is 1. The number of carbonyl (C=O) groups is 3. The van der Waals surface area contributed by atoms with Gasteiger partial charge in [-0.2, -0.15) is 0 Å². The number of nitrogens with zero attached hydrogens (tertiary/aromatic N) is 2. The topological polar surface area (TPSA) is 139 Å². The minimum absolute atomic E-state index is 0.0501. The van der Waals surface area contributed by atoms with Crippen LogP contribution in [0.1, 0.15) is 33.4 Å². The third kappa shape index (κ3) is 7.61. The normalized spacial score (nSPS) is 12.9. The van der Waals surface area contributed by atoms with Crippen molar-refractivity contribution in [2.75, 3.05) is 11.9 Å². The van der Waals surface area contributed by atoms with Crippen LogP contribution in [0, 0.1) is 0 Å². The number of aromatic nitrogens is 1. The Balaban J connectivity index is 2.63. The van der Waals surface area contributed by atoms with Crippen LogP contribution < -0.4 is 10.6 Å². The Morgan fingerprint density at radius 3 is 2.72 bits per heavy atom. The predicted octanol–water partition coefficient (Wildman–Crippen LogP) is 1.43. The molecule has 0 bridgehead atoms. The van der Waals surface area contributed by atoms with E-state index in [-0.39, 0.29) is 17.4 Å². The first kappa shape index (κ1) is 20.4. The van der Waals surface area contributed by atoms with Gasteiger partial charge in [-0.15, -0.1) is 11.3 Å². The van der Waals surface area contributed by atoms with Crippen LogP contribution in [0.5, 0.6) is 0 Å². The lowest BCUT2D eigenvalue weighted by atomic mass is 10.2. The van der Waals surface area contributed by atoms with Gasteiger partial charge in [0.25, 0.3) is 0 Å². The number of ether oxygens (including phenoxy) is 1. The molecule has 0 aliphatic carbocycles. The zero-order valence-corrected chi connectivity index (χ0v) is 15.0. The van der Waals surface area contributed by atoms with Crippen molar-refractivity contribution in [1.82, 2.24) is 10.3 Å². The fourth-order valence-corrected chi connectivity index (χ4v) is 2.07. The Morgan fingerprint density at radius 2 is 2.16 bits per heavy atom. The van der Waals surface area contributed by atoms with E-state index in [2.05, 4.69) is 20.8 Å². The average Bonchev–Trinajstić information content (AvgIpc) is 2.92. The molecule has 0 saturated carbocycles. The van der Waals surface area contributed by atoms with E-state index < -0.39 is 29.5 Å². The fourth-order valence-electron chi connectivity index (χ4n) is 1.42. The van der Waals surface area contributed by atoms with Gasteiger partial charge in [-0.25, -0.2) is 14.6 Å². The van der Waals surface area contributed by atoms with E-state index in [9.17, 15) is 19.5 Å². The minimum Gasteiger partial charge on any atom is -0.476 e. The van der Waals surface area contributed by atoms with Crippen LogP contribution in [0.2, 0.25) is 0 Å². The molecule has 1 atom stereocenters. The van der Waals surface area contributed by atoms with Crippen LogP contribution in [0.15, 0.2) is 10.5 Å². The van der Waals surface area contributed by atoms with Crippen molar-refractivity contribution in [2.24, 2.45) is 5.16 Å². The quantitative estimate of drug-likeness (QED) is 0.356. The lowest BCUT2D eigenvalue weighted by molar-refractivity contribution is -0.129. The number of alkyl carbamates (subject to hydrolysis) is 1. The highest BCUT2D eigenvalue weighted by molar-refractivity contribution is 7.14. The van der Waals surface area contributed by atoms with Crippen molar-refractivity contribution in [3.05, 3.63) is 11.1 Å². The zero-order chi connectivity index (χ0) is 19.0. The highest BCUT2D eigenvalue weighted by atomic mass is 32.1. The second kappa shape index (κ2) is 8.97. The fraction of sp³-hybridized carbons (Fsp3) is 0.500. The number of anilines is 1. The second-order valence-corrected chi connectivity index (χ2v) is 6.70. The molecule has 10 nitrogen and oxygen atoms in total. The van der Waals surface area contributed by atoms with Crippen LogP contribution in [-0.4, -0.2) is 52.5 Å². The summed E-state index contributed by atoms with van der Waals surface area (Å²) in [5.41, 5.74) is -0.991. The number of nitrogens with one attached hydrogen (secondary N) is 2. The molecule has 0 fully saturated rings. The van der Waals surface area contributed by atoms with Gasteiger partial charge in [0.1, 0.15) is 17.4 Å². The number of hydrogen-bond donors (Lipinski definition) is 3. The number of rotatable bonds is 8. The summed E-state index contributed by atoms with van der Waals surface area (Å²) in [7, 11) is 0. The molecule has 0 aliphatic heterocycles. The number of amides is 2. The number of thiazole rings is 1. The van der Waals surface area contributed by atoms with E-state index in [0.29, 0.717) is 6.41 Å². The van der Waals surface area contributed by atoms with Crippen LogP contribution >= 0.6 is 11.3 Å². The molecular formula is C14H20N4O6S. The second-order valence-electron chi connectivity index (χ2n) is 5.84. The highest BCUT2D eigenvalue weighted by Crippen LogP contribution is 2.15. The molecule has 0 saturated heterocycles. The lowest BCUT2D eigenvalue weighted by Gasteiger charge is -2.20. The number of oxime groups is 1. The first-order valence-electron chi connectivity index (χ1n) is 7.22. The summed E-state index contributed by atoms with van der Waals surface area (Å²) in [5, 5.41) is 19.2. The molecule has 138 valence electrons. The SMILES string of the molecule is CC(CNC(=O)OC(C)(C)C)O/N=C(/C(=O)O)c1csc(NC=O)n1. The molecule has 0 radical (unpaired) electrons. The Hall–Kier alpha value is -2.69. The Labute approximate surface area is 148 Å². The molecule has 1 aromatic heterocycles. The third-order valence-corrected chi connectivity index (χ3v) is 3.16. The van der Waals surface area contributed by atoms with Gasteiger partial charge in [0.2, 0.25) is 12.1 Å². The Morgan fingerprint density at radius 1 is 1.48 bits per heavy atom. The zero-order valence-electron chi connectivity index (χ0n) is 14.2. The van der Waals surface area contributed by atoms with Gasteiger partial charge in [0.05, 0.1) is 6.54 Å². The summed E-state index contributed by atoms with van der Waals surface area (Å²) in [6.07, 6.45) is -0.788. The van der Waals surface area contributed by atoms with E-state index in [0.717, 1.165) is 11.3 Å². The molecular weight excluding hydrogens is 352 g/mol. The van der Waals surface area contributed by atoms with E-state index in [1.165, 1.54) is 5.38 Å². The van der Waals surface area contributed by atoms with E-state index >= 15 is 0 Å². The predicted molar refractivity (Wildman–Crippen MR) is 90.8 cm³/mol. The lowest BCUT2D eigenvalue weighted by Crippen LogP contribution is -2.36. The van der Waals surface area contributed by atoms with Crippen molar-refractivity contribution < 1.29 is 29.1 Å². The molecule has 0 aliphatic rings. The number of carbonyl (C=O) groups excluding carboxylic acids is 2. The average molecular weight is 372 g/mol. The van der Waals surface area contributed by atoms with Crippen molar-refractivity contribution >= 4 is 40.7 Å². The smallest absolute Gasteiger partial charge is 0.407 e. The van der Waals surface area contributed by atoms with Crippen LogP contribution in [-0.2, 0) is 19.2 Å². The van der Waals surface area contributed by atoms with Gasteiger partial charge in [0, 0.05) is 5.38 Å². The number of aliphatic carboxylic acids is 1. The number of hydrogen-bond acceptors (Lipinski definition) is 8.